The van der Waals surface area contributed by atoms with E-state index in [0.29, 0.717) is 21.5 Å². The third kappa shape index (κ3) is 3.10. The van der Waals surface area contributed by atoms with E-state index in [9.17, 15) is 0 Å². The van der Waals surface area contributed by atoms with E-state index >= 15 is 0 Å². The van der Waals surface area contributed by atoms with Crippen LogP contribution in [0.15, 0.2) is 35.4 Å². The second kappa shape index (κ2) is 7.54. The van der Waals surface area contributed by atoms with Crippen LogP contribution in [0.5, 0.6) is 17.2 Å². The molecule has 0 bridgehead atoms. The van der Waals surface area contributed by atoms with Crippen molar-refractivity contribution < 1.29 is 14.2 Å². The standard InChI is InChI=1S/C23H24Cl2N2O3/c1-28-20-7-6-14(10-21(20)29-2)18-13-19-16-11-15(24)12-17(25)22(16)30-23(27(19)26-18)8-4-3-5-9-23/h6-7,10-12,19H,3-5,8-9,13H2,1-2H3/t19-/m1/s1. The van der Waals surface area contributed by atoms with Gasteiger partial charge >= 0.3 is 0 Å². The summed E-state index contributed by atoms with van der Waals surface area (Å²) in [5, 5.41) is 8.45. The molecule has 0 aromatic heterocycles. The summed E-state index contributed by atoms with van der Waals surface area (Å²) in [7, 11) is 3.28. The molecule has 2 heterocycles. The quantitative estimate of drug-likeness (QED) is 0.561. The third-order valence-corrected chi connectivity index (χ3v) is 6.87. The van der Waals surface area contributed by atoms with Gasteiger partial charge in [0, 0.05) is 35.4 Å². The second-order valence-corrected chi connectivity index (χ2v) is 8.94. The largest absolute Gasteiger partial charge is 0.493 e. The molecule has 0 amide bonds. The minimum absolute atomic E-state index is 0.0474. The van der Waals surface area contributed by atoms with Crippen LogP contribution < -0.4 is 14.2 Å². The summed E-state index contributed by atoms with van der Waals surface area (Å²) >= 11 is 12.9. The lowest BCUT2D eigenvalue weighted by Gasteiger charge is -2.49. The second-order valence-electron chi connectivity index (χ2n) is 8.10. The fourth-order valence-electron chi connectivity index (χ4n) is 4.93. The van der Waals surface area contributed by atoms with Crippen molar-refractivity contribution in [1.82, 2.24) is 5.01 Å². The predicted octanol–water partition coefficient (Wildman–Crippen LogP) is 6.21. The highest BCUT2D eigenvalue weighted by atomic mass is 35.5. The highest BCUT2D eigenvalue weighted by molar-refractivity contribution is 6.35. The maximum atomic E-state index is 6.61. The van der Waals surface area contributed by atoms with Crippen LogP contribution in [0.3, 0.4) is 0 Å². The van der Waals surface area contributed by atoms with E-state index in [0.717, 1.165) is 54.7 Å². The van der Waals surface area contributed by atoms with Crippen molar-refractivity contribution in [2.45, 2.75) is 50.3 Å². The lowest BCUT2D eigenvalue weighted by molar-refractivity contribution is -0.140. The van der Waals surface area contributed by atoms with Gasteiger partial charge in [0.1, 0.15) is 5.75 Å². The van der Waals surface area contributed by atoms with Gasteiger partial charge < -0.3 is 14.2 Å². The Hall–Kier alpha value is -2.11. The molecule has 5 nitrogen and oxygen atoms in total. The third-order valence-electron chi connectivity index (χ3n) is 6.37. The molecule has 7 heteroatoms. The summed E-state index contributed by atoms with van der Waals surface area (Å²) in [5.74, 6) is 2.15. The molecule has 0 unspecified atom stereocenters. The van der Waals surface area contributed by atoms with Gasteiger partial charge in [0.2, 0.25) is 0 Å². The number of halogens is 2. The Balaban J connectivity index is 1.60. The molecule has 158 valence electrons. The molecule has 1 spiro atoms. The lowest BCUT2D eigenvalue weighted by atomic mass is 9.86. The van der Waals surface area contributed by atoms with Crippen LogP contribution in [0, 0.1) is 0 Å². The van der Waals surface area contributed by atoms with Gasteiger partial charge in [-0.1, -0.05) is 29.6 Å². The zero-order chi connectivity index (χ0) is 20.9. The monoisotopic (exact) mass is 446 g/mol. The maximum Gasteiger partial charge on any atom is 0.198 e. The first-order chi connectivity index (χ1) is 14.5. The molecule has 1 saturated carbocycles. The van der Waals surface area contributed by atoms with E-state index in [1.807, 2.05) is 24.3 Å². The van der Waals surface area contributed by atoms with Crippen LogP contribution in [0.2, 0.25) is 10.0 Å². The molecule has 30 heavy (non-hydrogen) atoms. The summed E-state index contributed by atoms with van der Waals surface area (Å²) in [5.41, 5.74) is 2.56. The lowest BCUT2D eigenvalue weighted by Crippen LogP contribution is -2.54. The van der Waals surface area contributed by atoms with E-state index in [-0.39, 0.29) is 6.04 Å². The zero-order valence-electron chi connectivity index (χ0n) is 17.1. The van der Waals surface area contributed by atoms with Gasteiger partial charge in [-0.05, 0) is 43.2 Å². The predicted molar refractivity (Wildman–Crippen MR) is 118 cm³/mol. The van der Waals surface area contributed by atoms with E-state index in [4.69, 9.17) is 42.5 Å². The van der Waals surface area contributed by atoms with Gasteiger partial charge in [-0.3, -0.25) is 0 Å². The van der Waals surface area contributed by atoms with Crippen molar-refractivity contribution >= 4 is 28.9 Å². The summed E-state index contributed by atoms with van der Waals surface area (Å²) in [6.45, 7) is 0. The van der Waals surface area contributed by atoms with Gasteiger partial charge in [-0.25, -0.2) is 5.01 Å². The zero-order valence-corrected chi connectivity index (χ0v) is 18.6. The Labute approximate surface area is 186 Å². The van der Waals surface area contributed by atoms with Gasteiger partial charge in [0.15, 0.2) is 17.2 Å². The number of benzene rings is 2. The summed E-state index contributed by atoms with van der Waals surface area (Å²) in [4.78, 5) is 0. The van der Waals surface area contributed by atoms with Crippen molar-refractivity contribution in [1.29, 1.82) is 0 Å². The number of fused-ring (bicyclic) bond motifs is 4. The first-order valence-corrected chi connectivity index (χ1v) is 11.1. The van der Waals surface area contributed by atoms with Crippen LogP contribution in [-0.4, -0.2) is 30.7 Å². The number of methoxy groups -OCH3 is 2. The Bertz CT molecular complexity index is 1020. The van der Waals surface area contributed by atoms with Crippen LogP contribution in [0.1, 0.15) is 55.7 Å². The normalized spacial score (nSPS) is 21.5. The summed E-state index contributed by atoms with van der Waals surface area (Å²) in [6, 6.07) is 9.70. The molecule has 2 aromatic carbocycles. The number of hydrazone groups is 1. The molecular weight excluding hydrogens is 423 g/mol. The minimum atomic E-state index is -0.453. The van der Waals surface area contributed by atoms with E-state index in [1.54, 1.807) is 20.3 Å². The van der Waals surface area contributed by atoms with E-state index in [2.05, 4.69) is 5.01 Å². The highest BCUT2D eigenvalue weighted by Crippen LogP contribution is 2.53. The topological polar surface area (TPSA) is 43.3 Å². The van der Waals surface area contributed by atoms with Gasteiger partial charge in [-0.15, -0.1) is 0 Å². The molecule has 1 aliphatic carbocycles. The average Bonchev–Trinajstić information content (AvgIpc) is 3.22. The number of hydrogen-bond donors (Lipinski definition) is 0. The van der Waals surface area contributed by atoms with Crippen molar-refractivity contribution in [3.05, 3.63) is 51.5 Å². The van der Waals surface area contributed by atoms with E-state index in [1.165, 1.54) is 6.42 Å². The van der Waals surface area contributed by atoms with Crippen LogP contribution in [0.4, 0.5) is 0 Å². The Kier molecular flexibility index (Phi) is 4.98. The van der Waals surface area contributed by atoms with Crippen molar-refractivity contribution in [2.75, 3.05) is 14.2 Å². The number of nitrogens with zero attached hydrogens (tertiary/aromatic N) is 2. The molecule has 0 N–H and O–H groups in total. The van der Waals surface area contributed by atoms with Gasteiger partial charge in [0.05, 0.1) is 31.0 Å². The van der Waals surface area contributed by atoms with Crippen LogP contribution in [0.25, 0.3) is 0 Å². The van der Waals surface area contributed by atoms with Gasteiger partial charge in [0.25, 0.3) is 0 Å². The minimum Gasteiger partial charge on any atom is -0.493 e. The summed E-state index contributed by atoms with van der Waals surface area (Å²) in [6.07, 6.45) is 6.08. The number of rotatable bonds is 3. The van der Waals surface area contributed by atoms with Gasteiger partial charge in [-0.2, -0.15) is 5.10 Å². The summed E-state index contributed by atoms with van der Waals surface area (Å²) < 4.78 is 17.5. The Morgan fingerprint density at radius 1 is 1.03 bits per heavy atom. The maximum absolute atomic E-state index is 6.61. The molecule has 2 aliphatic heterocycles. The van der Waals surface area contributed by atoms with Crippen molar-refractivity contribution in [3.8, 4) is 17.2 Å². The number of hydrogen-bond acceptors (Lipinski definition) is 5. The highest BCUT2D eigenvalue weighted by Gasteiger charge is 2.51. The number of ether oxygens (including phenoxy) is 3. The fraction of sp³-hybridized carbons (Fsp3) is 0.435. The van der Waals surface area contributed by atoms with Crippen LogP contribution >= 0.6 is 23.2 Å². The first-order valence-electron chi connectivity index (χ1n) is 10.3. The van der Waals surface area contributed by atoms with Crippen molar-refractivity contribution in [3.63, 3.8) is 0 Å². The first kappa shape index (κ1) is 19.8. The molecule has 3 aliphatic rings. The molecule has 0 saturated heterocycles. The molecule has 0 radical (unpaired) electrons. The van der Waals surface area contributed by atoms with Crippen molar-refractivity contribution in [2.24, 2.45) is 5.10 Å². The fourth-order valence-corrected chi connectivity index (χ4v) is 5.47. The SMILES string of the molecule is COc1ccc(C2=NN3[C@H](C2)c2cc(Cl)cc(Cl)c2OC32CCCCC2)cc1OC. The molecule has 2 aromatic rings. The molecule has 1 fully saturated rings. The Morgan fingerprint density at radius 2 is 1.80 bits per heavy atom. The molecular formula is C23H24Cl2N2O3. The molecule has 1 atom stereocenters. The van der Waals surface area contributed by atoms with Crippen LogP contribution in [-0.2, 0) is 0 Å². The Morgan fingerprint density at radius 3 is 2.53 bits per heavy atom. The average molecular weight is 447 g/mol. The molecule has 5 rings (SSSR count). The van der Waals surface area contributed by atoms with E-state index < -0.39 is 5.72 Å². The smallest absolute Gasteiger partial charge is 0.198 e.